The highest BCUT2D eigenvalue weighted by atomic mass is 16.5. The molecule has 0 saturated heterocycles. The number of benzene rings is 2. The van der Waals surface area contributed by atoms with Crippen LogP contribution in [0.5, 0.6) is 11.5 Å². The van der Waals surface area contributed by atoms with Crippen molar-refractivity contribution in [3.8, 4) is 11.5 Å². The summed E-state index contributed by atoms with van der Waals surface area (Å²) < 4.78 is 18.3. The number of hydrogen-bond donors (Lipinski definition) is 1. The molecule has 1 N–H and O–H groups in total. The van der Waals surface area contributed by atoms with Gasteiger partial charge in [-0.15, -0.1) is 5.10 Å². The van der Waals surface area contributed by atoms with Crippen LogP contribution in [0.4, 0.5) is 0 Å². The Morgan fingerprint density at radius 3 is 2.66 bits per heavy atom. The van der Waals surface area contributed by atoms with Gasteiger partial charge in [0.1, 0.15) is 35.4 Å². The number of nitrogens with one attached hydrogen (secondary N) is 1. The van der Waals surface area contributed by atoms with Gasteiger partial charge in [-0.3, -0.25) is 9.59 Å². The fourth-order valence-corrected chi connectivity index (χ4v) is 5.00. The van der Waals surface area contributed by atoms with E-state index >= 15 is 0 Å². The monoisotopic (exact) mass is 517 g/mol. The predicted molar refractivity (Wildman–Crippen MR) is 139 cm³/mol. The first kappa shape index (κ1) is 25.3. The second kappa shape index (κ2) is 11.4. The van der Waals surface area contributed by atoms with Gasteiger partial charge in [-0.1, -0.05) is 30.2 Å². The lowest BCUT2D eigenvalue weighted by Gasteiger charge is -2.32. The molecule has 5 rings (SSSR count). The molecule has 1 fully saturated rings. The number of aromatic nitrogens is 3. The number of para-hydroxylation sites is 1. The highest BCUT2D eigenvalue weighted by molar-refractivity contribution is 5.90. The molecular weight excluding hydrogens is 486 g/mol. The summed E-state index contributed by atoms with van der Waals surface area (Å²) in [5, 5.41) is 11.5. The minimum absolute atomic E-state index is 0.0569. The quantitative estimate of drug-likeness (QED) is 0.340. The molecule has 1 aliphatic rings. The average Bonchev–Trinajstić information content (AvgIpc) is 3.72. The van der Waals surface area contributed by atoms with Gasteiger partial charge in [0.25, 0.3) is 0 Å². The van der Waals surface area contributed by atoms with Crippen LogP contribution in [-0.4, -0.2) is 52.0 Å². The second-order valence-corrected chi connectivity index (χ2v) is 9.34. The van der Waals surface area contributed by atoms with E-state index in [4.69, 9.17) is 13.9 Å². The van der Waals surface area contributed by atoms with E-state index in [2.05, 4.69) is 15.6 Å². The van der Waals surface area contributed by atoms with Crippen molar-refractivity contribution in [2.24, 2.45) is 0 Å². The summed E-state index contributed by atoms with van der Waals surface area (Å²) in [7, 11) is 3.10. The number of carbonyl (C=O) groups excluding carboxylic acids is 2. The smallest absolute Gasteiger partial charge is 0.247 e. The second-order valence-electron chi connectivity index (χ2n) is 9.34. The Balaban J connectivity index is 1.57. The van der Waals surface area contributed by atoms with Gasteiger partial charge in [-0.2, -0.15) is 0 Å². The van der Waals surface area contributed by atoms with Crippen molar-refractivity contribution >= 4 is 22.8 Å². The summed E-state index contributed by atoms with van der Waals surface area (Å²) in [6.45, 7) is -0.0394. The van der Waals surface area contributed by atoms with Crippen molar-refractivity contribution in [1.29, 1.82) is 0 Å². The lowest BCUT2D eigenvalue weighted by atomic mass is 10.0. The van der Waals surface area contributed by atoms with E-state index in [9.17, 15) is 9.59 Å². The molecule has 198 valence electrons. The summed E-state index contributed by atoms with van der Waals surface area (Å²) in [6, 6.07) is 15.2. The zero-order chi connectivity index (χ0) is 26.5. The third kappa shape index (κ3) is 5.34. The van der Waals surface area contributed by atoms with Crippen molar-refractivity contribution in [2.75, 3.05) is 14.2 Å². The minimum atomic E-state index is -1.01. The van der Waals surface area contributed by atoms with E-state index in [-0.39, 0.29) is 30.9 Å². The number of ether oxygens (including phenoxy) is 2. The molecule has 2 aromatic carbocycles. The third-order valence-corrected chi connectivity index (χ3v) is 6.92. The number of carbonyl (C=O) groups is 2. The van der Waals surface area contributed by atoms with E-state index in [0.717, 1.165) is 31.2 Å². The van der Waals surface area contributed by atoms with Crippen molar-refractivity contribution in [3.05, 3.63) is 72.2 Å². The molecule has 10 nitrogen and oxygen atoms in total. The Kier molecular flexibility index (Phi) is 7.57. The standard InChI is InChI=1S/C28H31N5O5/c1-36-20-13-14-25(37-2)22(16-20)27(28(35)29-19-8-3-4-9-19)32(17-21-10-7-15-38-21)26(34)18-33-24-12-6-5-11-23(24)30-31-33/h5-7,10-16,19,27H,3-4,8-9,17-18H2,1-2H3,(H,29,35)/t27-/m0/s1. The van der Waals surface area contributed by atoms with E-state index in [1.54, 1.807) is 48.4 Å². The van der Waals surface area contributed by atoms with Gasteiger partial charge in [0, 0.05) is 11.6 Å². The molecule has 10 heteroatoms. The van der Waals surface area contributed by atoms with Gasteiger partial charge < -0.3 is 24.1 Å². The van der Waals surface area contributed by atoms with Crippen molar-refractivity contribution in [1.82, 2.24) is 25.2 Å². The highest BCUT2D eigenvalue weighted by Gasteiger charge is 2.36. The molecule has 1 aliphatic carbocycles. The number of hydrogen-bond acceptors (Lipinski definition) is 7. The third-order valence-electron chi connectivity index (χ3n) is 6.92. The van der Waals surface area contributed by atoms with Gasteiger partial charge in [-0.25, -0.2) is 4.68 Å². The summed E-state index contributed by atoms with van der Waals surface area (Å²) in [5.74, 6) is 0.954. The number of methoxy groups -OCH3 is 2. The topological polar surface area (TPSA) is 112 Å². The molecule has 1 atom stereocenters. The number of nitrogens with zero attached hydrogens (tertiary/aromatic N) is 4. The summed E-state index contributed by atoms with van der Waals surface area (Å²) >= 11 is 0. The largest absolute Gasteiger partial charge is 0.497 e. The predicted octanol–water partition coefficient (Wildman–Crippen LogP) is 3.87. The number of fused-ring (bicyclic) bond motifs is 1. The lowest BCUT2D eigenvalue weighted by Crippen LogP contribution is -2.46. The van der Waals surface area contributed by atoms with Gasteiger partial charge in [0.2, 0.25) is 11.8 Å². The Hall–Kier alpha value is -4.34. The first-order chi connectivity index (χ1) is 18.6. The normalized spacial score (nSPS) is 14.4. The first-order valence-corrected chi connectivity index (χ1v) is 12.7. The van der Waals surface area contributed by atoms with Crippen LogP contribution in [0.25, 0.3) is 11.0 Å². The maximum Gasteiger partial charge on any atom is 0.247 e. The lowest BCUT2D eigenvalue weighted by molar-refractivity contribution is -0.142. The molecule has 0 unspecified atom stereocenters. The van der Waals surface area contributed by atoms with Crippen LogP contribution in [0.3, 0.4) is 0 Å². The molecule has 4 aromatic rings. The van der Waals surface area contributed by atoms with E-state index in [1.807, 2.05) is 24.3 Å². The summed E-state index contributed by atoms with van der Waals surface area (Å²) in [4.78, 5) is 29.5. The molecule has 2 amide bonds. The van der Waals surface area contributed by atoms with Crippen LogP contribution in [0.2, 0.25) is 0 Å². The van der Waals surface area contributed by atoms with Gasteiger partial charge in [0.15, 0.2) is 0 Å². The molecule has 38 heavy (non-hydrogen) atoms. The molecule has 0 radical (unpaired) electrons. The van der Waals surface area contributed by atoms with E-state index < -0.39 is 6.04 Å². The minimum Gasteiger partial charge on any atom is -0.497 e. The number of rotatable bonds is 10. The van der Waals surface area contributed by atoms with Gasteiger partial charge in [-0.05, 0) is 55.3 Å². The Morgan fingerprint density at radius 1 is 1.11 bits per heavy atom. The van der Waals surface area contributed by atoms with Gasteiger partial charge in [0.05, 0.1) is 32.5 Å². The number of furan rings is 1. The first-order valence-electron chi connectivity index (χ1n) is 12.7. The molecule has 0 spiro atoms. The maximum absolute atomic E-state index is 14.0. The molecule has 1 saturated carbocycles. The Morgan fingerprint density at radius 2 is 1.92 bits per heavy atom. The fraction of sp³-hybridized carbons (Fsp3) is 0.357. The molecule has 0 aliphatic heterocycles. The van der Waals surface area contributed by atoms with Crippen LogP contribution in [0.15, 0.2) is 65.3 Å². The summed E-state index contributed by atoms with van der Waals surface area (Å²) in [5.41, 5.74) is 1.93. The zero-order valence-corrected chi connectivity index (χ0v) is 21.5. The average molecular weight is 518 g/mol. The molecule has 0 bridgehead atoms. The van der Waals surface area contributed by atoms with Crippen molar-refractivity contribution in [2.45, 2.75) is 50.9 Å². The van der Waals surface area contributed by atoms with Crippen LogP contribution >= 0.6 is 0 Å². The fourth-order valence-electron chi connectivity index (χ4n) is 5.00. The Labute approximate surface area is 220 Å². The number of amides is 2. The Bertz CT molecular complexity index is 1390. The van der Waals surface area contributed by atoms with Crippen LogP contribution in [-0.2, 0) is 22.7 Å². The van der Waals surface area contributed by atoms with Crippen molar-refractivity contribution < 1.29 is 23.5 Å². The molecule has 2 aromatic heterocycles. The maximum atomic E-state index is 14.0. The highest BCUT2D eigenvalue weighted by Crippen LogP contribution is 2.35. The van der Waals surface area contributed by atoms with E-state index in [0.29, 0.717) is 28.3 Å². The van der Waals surface area contributed by atoms with Crippen LogP contribution < -0.4 is 14.8 Å². The van der Waals surface area contributed by atoms with Crippen molar-refractivity contribution in [3.63, 3.8) is 0 Å². The molecular formula is C28H31N5O5. The SMILES string of the molecule is COc1ccc(OC)c([C@@H](C(=O)NC2CCCC2)N(Cc2ccco2)C(=O)Cn2nnc3ccccc32)c1. The van der Waals surface area contributed by atoms with Gasteiger partial charge >= 0.3 is 0 Å². The van der Waals surface area contributed by atoms with E-state index in [1.165, 1.54) is 12.0 Å². The summed E-state index contributed by atoms with van der Waals surface area (Å²) in [6.07, 6.45) is 5.48. The van der Waals surface area contributed by atoms with Crippen LogP contribution in [0, 0.1) is 0 Å². The van der Waals surface area contributed by atoms with Crippen LogP contribution in [0.1, 0.15) is 43.0 Å². The molecule has 2 heterocycles. The zero-order valence-electron chi connectivity index (χ0n) is 21.5.